The molecule has 0 aliphatic heterocycles. The Morgan fingerprint density at radius 2 is 2.40 bits per heavy atom. The van der Waals surface area contributed by atoms with Gasteiger partial charge in [0.2, 0.25) is 0 Å². The zero-order valence-corrected chi connectivity index (χ0v) is 7.94. The van der Waals surface area contributed by atoms with Gasteiger partial charge in [-0.3, -0.25) is 14.3 Å². The lowest BCUT2D eigenvalue weighted by Gasteiger charge is -2.08. The third kappa shape index (κ3) is 1.85. The smallest absolute Gasteiger partial charge is 0.328 e. The number of aromatic nitrogens is 2. The standard InChI is InChI=1S/C9H11FN2O3/c10-9(3-6(9)4-13)5-12-2-1-7(14)11-8(12)15/h1-2,6,13H,3-5H2,(H,11,14,15)/t6-,9+/m1/s1. The van der Waals surface area contributed by atoms with Crippen LogP contribution < -0.4 is 11.2 Å². The van der Waals surface area contributed by atoms with E-state index in [1.165, 1.54) is 12.3 Å². The van der Waals surface area contributed by atoms with Crippen molar-refractivity contribution in [1.82, 2.24) is 9.55 Å². The number of aliphatic hydroxyl groups is 1. The number of rotatable bonds is 3. The molecule has 1 saturated carbocycles. The predicted octanol–water partition coefficient (Wildman–Crippen LogP) is -0.743. The summed E-state index contributed by atoms with van der Waals surface area (Å²) >= 11 is 0. The lowest BCUT2D eigenvalue weighted by Crippen LogP contribution is -2.32. The van der Waals surface area contributed by atoms with Crippen LogP contribution in [0, 0.1) is 5.92 Å². The SMILES string of the molecule is O=c1ccn(C[C@@]2(F)C[C@@H]2CO)c(=O)[nH]1. The van der Waals surface area contributed by atoms with Gasteiger partial charge in [-0.05, 0) is 6.42 Å². The van der Waals surface area contributed by atoms with Gasteiger partial charge in [-0.25, -0.2) is 9.18 Å². The molecule has 0 amide bonds. The molecule has 82 valence electrons. The van der Waals surface area contributed by atoms with Gasteiger partial charge in [0.05, 0.1) is 6.54 Å². The van der Waals surface area contributed by atoms with Crippen molar-refractivity contribution >= 4 is 0 Å². The molecule has 0 aromatic carbocycles. The molecule has 1 aliphatic rings. The molecule has 0 bridgehead atoms. The second kappa shape index (κ2) is 3.30. The largest absolute Gasteiger partial charge is 0.396 e. The third-order valence-corrected chi connectivity index (χ3v) is 2.71. The van der Waals surface area contributed by atoms with Gasteiger partial charge in [-0.1, -0.05) is 0 Å². The van der Waals surface area contributed by atoms with Crippen molar-refractivity contribution in [3.8, 4) is 0 Å². The summed E-state index contributed by atoms with van der Waals surface area (Å²) in [4.78, 5) is 24.0. The summed E-state index contributed by atoms with van der Waals surface area (Å²) in [5.41, 5.74) is -2.63. The minimum atomic E-state index is -1.50. The molecule has 2 N–H and O–H groups in total. The minimum absolute atomic E-state index is 0.117. The maximum Gasteiger partial charge on any atom is 0.328 e. The summed E-state index contributed by atoms with van der Waals surface area (Å²) in [5, 5.41) is 8.75. The van der Waals surface area contributed by atoms with E-state index in [1.807, 2.05) is 4.98 Å². The molecule has 1 aromatic rings. The van der Waals surface area contributed by atoms with E-state index in [0.29, 0.717) is 0 Å². The fourth-order valence-corrected chi connectivity index (χ4v) is 1.62. The van der Waals surface area contributed by atoms with E-state index in [-0.39, 0.29) is 19.6 Å². The van der Waals surface area contributed by atoms with Crippen LogP contribution >= 0.6 is 0 Å². The van der Waals surface area contributed by atoms with Gasteiger partial charge >= 0.3 is 5.69 Å². The van der Waals surface area contributed by atoms with Gasteiger partial charge < -0.3 is 5.11 Å². The molecule has 0 unspecified atom stereocenters. The molecule has 15 heavy (non-hydrogen) atoms. The van der Waals surface area contributed by atoms with E-state index >= 15 is 0 Å². The minimum Gasteiger partial charge on any atom is -0.396 e. The van der Waals surface area contributed by atoms with Crippen molar-refractivity contribution in [2.24, 2.45) is 5.92 Å². The Morgan fingerprint density at radius 3 is 2.93 bits per heavy atom. The highest BCUT2D eigenvalue weighted by molar-refractivity contribution is 5.04. The molecule has 5 nitrogen and oxygen atoms in total. The average molecular weight is 214 g/mol. The first-order valence-corrected chi connectivity index (χ1v) is 4.65. The number of hydrogen-bond donors (Lipinski definition) is 2. The monoisotopic (exact) mass is 214 g/mol. The van der Waals surface area contributed by atoms with Crippen molar-refractivity contribution in [3.05, 3.63) is 33.1 Å². The maximum absolute atomic E-state index is 13.7. The number of nitrogens with zero attached hydrogens (tertiary/aromatic N) is 1. The van der Waals surface area contributed by atoms with Crippen LogP contribution in [-0.2, 0) is 6.54 Å². The Balaban J connectivity index is 2.19. The van der Waals surface area contributed by atoms with Gasteiger partial charge in [-0.2, -0.15) is 0 Å². The quantitative estimate of drug-likeness (QED) is 0.695. The number of aromatic amines is 1. The molecule has 0 spiro atoms. The van der Waals surface area contributed by atoms with Crippen molar-refractivity contribution in [2.45, 2.75) is 18.6 Å². The fourth-order valence-electron chi connectivity index (χ4n) is 1.62. The first-order chi connectivity index (χ1) is 7.05. The van der Waals surface area contributed by atoms with Crippen LogP contribution in [0.4, 0.5) is 4.39 Å². The number of H-pyrrole nitrogens is 1. The maximum atomic E-state index is 13.7. The van der Waals surface area contributed by atoms with E-state index in [0.717, 1.165) is 4.57 Å². The zero-order valence-electron chi connectivity index (χ0n) is 7.94. The van der Waals surface area contributed by atoms with E-state index in [9.17, 15) is 14.0 Å². The Hall–Kier alpha value is -1.43. The van der Waals surface area contributed by atoms with Gasteiger partial charge in [0.25, 0.3) is 5.56 Å². The fraction of sp³-hybridized carbons (Fsp3) is 0.556. The Kier molecular flexibility index (Phi) is 2.22. The summed E-state index contributed by atoms with van der Waals surface area (Å²) in [6.45, 7) is -0.331. The number of nitrogens with one attached hydrogen (secondary N) is 1. The van der Waals surface area contributed by atoms with E-state index in [1.54, 1.807) is 0 Å². The summed E-state index contributed by atoms with van der Waals surface area (Å²) in [5.74, 6) is -0.392. The van der Waals surface area contributed by atoms with Crippen LogP contribution in [0.5, 0.6) is 0 Å². The van der Waals surface area contributed by atoms with E-state index in [4.69, 9.17) is 5.11 Å². The summed E-state index contributed by atoms with van der Waals surface area (Å²) in [6, 6.07) is 1.17. The van der Waals surface area contributed by atoms with Gasteiger partial charge in [0.1, 0.15) is 5.67 Å². The van der Waals surface area contributed by atoms with Crippen LogP contribution in [-0.4, -0.2) is 26.9 Å². The Labute approximate surface area is 84.2 Å². The summed E-state index contributed by atoms with van der Waals surface area (Å²) in [6.07, 6.45) is 1.52. The van der Waals surface area contributed by atoms with Crippen LogP contribution in [0.25, 0.3) is 0 Å². The highest BCUT2D eigenvalue weighted by atomic mass is 19.1. The van der Waals surface area contributed by atoms with Gasteiger partial charge in [0.15, 0.2) is 0 Å². The second-order valence-corrected chi connectivity index (χ2v) is 3.86. The topological polar surface area (TPSA) is 75.1 Å². The normalized spacial score (nSPS) is 29.1. The first kappa shape index (κ1) is 10.1. The van der Waals surface area contributed by atoms with Crippen molar-refractivity contribution in [3.63, 3.8) is 0 Å². The Morgan fingerprint density at radius 1 is 1.67 bits per heavy atom. The third-order valence-electron chi connectivity index (χ3n) is 2.71. The summed E-state index contributed by atoms with van der Waals surface area (Å²) < 4.78 is 14.8. The molecule has 2 atom stereocenters. The molecule has 0 radical (unpaired) electrons. The molecular formula is C9H11FN2O3. The number of halogens is 1. The van der Waals surface area contributed by atoms with Crippen molar-refractivity contribution in [1.29, 1.82) is 0 Å². The second-order valence-electron chi connectivity index (χ2n) is 3.86. The lowest BCUT2D eigenvalue weighted by atomic mass is 10.3. The van der Waals surface area contributed by atoms with E-state index in [2.05, 4.69) is 0 Å². The molecule has 1 aliphatic carbocycles. The number of aliphatic hydroxyl groups excluding tert-OH is 1. The Bertz CT molecular complexity index is 481. The number of hydrogen-bond acceptors (Lipinski definition) is 3. The van der Waals surface area contributed by atoms with Crippen molar-refractivity contribution in [2.75, 3.05) is 6.61 Å². The summed E-state index contributed by atoms with van der Waals surface area (Å²) in [7, 11) is 0. The highest BCUT2D eigenvalue weighted by Gasteiger charge is 2.55. The lowest BCUT2D eigenvalue weighted by molar-refractivity contribution is 0.191. The molecule has 6 heteroatoms. The highest BCUT2D eigenvalue weighted by Crippen LogP contribution is 2.47. The van der Waals surface area contributed by atoms with Gasteiger partial charge in [-0.15, -0.1) is 0 Å². The average Bonchev–Trinajstić information content (AvgIpc) is 2.82. The van der Waals surface area contributed by atoms with Crippen LogP contribution in [0.3, 0.4) is 0 Å². The van der Waals surface area contributed by atoms with E-state index < -0.39 is 22.8 Å². The molecule has 1 aromatic heterocycles. The molecular weight excluding hydrogens is 203 g/mol. The first-order valence-electron chi connectivity index (χ1n) is 4.65. The van der Waals surface area contributed by atoms with Gasteiger partial charge in [0, 0.05) is 24.8 Å². The van der Waals surface area contributed by atoms with Crippen LogP contribution in [0.1, 0.15) is 6.42 Å². The predicted molar refractivity (Wildman–Crippen MR) is 50.4 cm³/mol. The van der Waals surface area contributed by atoms with Crippen LogP contribution in [0.15, 0.2) is 21.9 Å². The number of alkyl halides is 1. The molecule has 0 saturated heterocycles. The molecule has 1 fully saturated rings. The molecule has 2 rings (SSSR count). The zero-order chi connectivity index (χ0) is 11.1. The van der Waals surface area contributed by atoms with Crippen LogP contribution in [0.2, 0.25) is 0 Å². The molecule has 1 heterocycles. The van der Waals surface area contributed by atoms with Crippen molar-refractivity contribution < 1.29 is 9.50 Å².